The molecule has 0 saturated carbocycles. The highest BCUT2D eigenvalue weighted by atomic mass is 35.5. The highest BCUT2D eigenvalue weighted by Crippen LogP contribution is 2.34. The number of rotatable bonds is 11. The third-order valence-corrected chi connectivity index (χ3v) is 8.18. The number of benzene rings is 1. The highest BCUT2D eigenvalue weighted by molar-refractivity contribution is 7.99. The molecule has 2 heterocycles. The topological polar surface area (TPSA) is 138 Å². The molecule has 3 N–H and O–H groups in total. The number of esters is 1. The van der Waals surface area contributed by atoms with Gasteiger partial charge in [0.05, 0.1) is 22.3 Å². The van der Waals surface area contributed by atoms with Crippen LogP contribution in [-0.2, 0) is 22.7 Å². The van der Waals surface area contributed by atoms with Gasteiger partial charge < -0.3 is 25.1 Å². The molecule has 0 atom stereocenters. The maximum atomic E-state index is 12.8. The zero-order valence-corrected chi connectivity index (χ0v) is 24.4. The van der Waals surface area contributed by atoms with E-state index in [-0.39, 0.29) is 39.8 Å². The van der Waals surface area contributed by atoms with Crippen molar-refractivity contribution in [1.29, 1.82) is 0 Å². The maximum Gasteiger partial charge on any atom is 0.341 e. The molecule has 0 fully saturated rings. The third kappa shape index (κ3) is 6.86. The number of nitrogens with two attached hydrogens (primary N) is 1. The molecule has 204 valence electrons. The Balaban J connectivity index is 1.69. The van der Waals surface area contributed by atoms with Crippen LogP contribution in [0.15, 0.2) is 17.3 Å². The lowest BCUT2D eigenvalue weighted by Crippen LogP contribution is -2.18. The summed E-state index contributed by atoms with van der Waals surface area (Å²) >= 11 is 8.37. The fourth-order valence-corrected chi connectivity index (χ4v) is 5.63. The van der Waals surface area contributed by atoms with Gasteiger partial charge in [0.25, 0.3) is 5.91 Å². The van der Waals surface area contributed by atoms with E-state index < -0.39 is 11.9 Å². The van der Waals surface area contributed by atoms with Crippen LogP contribution >= 0.6 is 34.7 Å². The predicted molar refractivity (Wildman–Crippen MR) is 148 cm³/mol. The molecule has 13 heteroatoms. The van der Waals surface area contributed by atoms with Crippen LogP contribution in [0.2, 0.25) is 5.02 Å². The molecule has 0 aliphatic carbocycles. The van der Waals surface area contributed by atoms with E-state index in [1.54, 1.807) is 20.8 Å². The Morgan fingerprint density at radius 3 is 2.42 bits per heavy atom. The first-order valence-corrected chi connectivity index (χ1v) is 14.0. The summed E-state index contributed by atoms with van der Waals surface area (Å²) in [6, 6.07) is 3.73. The van der Waals surface area contributed by atoms with E-state index in [1.807, 2.05) is 37.5 Å². The van der Waals surface area contributed by atoms with Gasteiger partial charge in [0, 0.05) is 11.6 Å². The quantitative estimate of drug-likeness (QED) is 0.241. The van der Waals surface area contributed by atoms with Crippen LogP contribution in [-0.4, -0.2) is 44.4 Å². The normalized spacial score (nSPS) is 11.1. The minimum atomic E-state index is -0.685. The average molecular weight is 580 g/mol. The first-order chi connectivity index (χ1) is 17.9. The number of hydrogen-bond acceptors (Lipinski definition) is 9. The van der Waals surface area contributed by atoms with Crippen molar-refractivity contribution in [3.05, 3.63) is 50.1 Å². The number of nitrogens with zero attached hydrogens (tertiary/aromatic N) is 3. The van der Waals surface area contributed by atoms with Crippen molar-refractivity contribution >= 4 is 57.5 Å². The zero-order valence-electron chi connectivity index (χ0n) is 22.0. The number of thioether (sulfide) groups is 1. The number of halogens is 1. The Morgan fingerprint density at radius 1 is 1.18 bits per heavy atom. The second-order valence-corrected chi connectivity index (χ2v) is 11.1. The first kappa shape index (κ1) is 29.5. The smallest absolute Gasteiger partial charge is 0.341 e. The van der Waals surface area contributed by atoms with Gasteiger partial charge in [-0.3, -0.25) is 9.59 Å². The van der Waals surface area contributed by atoms with Crippen molar-refractivity contribution in [1.82, 2.24) is 14.8 Å². The molecule has 3 rings (SSSR count). The van der Waals surface area contributed by atoms with Gasteiger partial charge in [-0.25, -0.2) is 4.79 Å². The summed E-state index contributed by atoms with van der Waals surface area (Å²) in [5.41, 5.74) is 7.79. The second kappa shape index (κ2) is 12.6. The van der Waals surface area contributed by atoms with E-state index in [1.165, 1.54) is 11.8 Å². The van der Waals surface area contributed by atoms with Gasteiger partial charge in [-0.2, -0.15) is 0 Å². The van der Waals surface area contributed by atoms with Crippen molar-refractivity contribution in [2.75, 3.05) is 11.1 Å². The van der Waals surface area contributed by atoms with E-state index in [2.05, 4.69) is 15.5 Å². The molecule has 2 amide bonds. The first-order valence-electron chi connectivity index (χ1n) is 11.8. The largest absolute Gasteiger partial charge is 0.486 e. The zero-order chi connectivity index (χ0) is 28.1. The fraction of sp³-hybridized carbons (Fsp3) is 0.400. The SMILES string of the molecule is CCn1c(COc2cc(C)c(Cl)c(C)c2)nnc1SCC(=O)Nc1sc(C(N)=O)c(C)c1C(=O)OC(C)C. The number of ether oxygens (including phenoxy) is 2. The number of aromatic nitrogens is 3. The van der Waals surface area contributed by atoms with Crippen molar-refractivity contribution in [2.45, 2.75) is 66.0 Å². The lowest BCUT2D eigenvalue weighted by Gasteiger charge is -2.11. The lowest BCUT2D eigenvalue weighted by molar-refractivity contribution is -0.113. The van der Waals surface area contributed by atoms with Crippen LogP contribution in [0.5, 0.6) is 5.75 Å². The van der Waals surface area contributed by atoms with E-state index in [4.69, 9.17) is 26.8 Å². The lowest BCUT2D eigenvalue weighted by atomic mass is 10.1. The number of thiophene rings is 1. The van der Waals surface area contributed by atoms with Crippen LogP contribution in [0, 0.1) is 20.8 Å². The molecule has 3 aromatic rings. The Kier molecular flexibility index (Phi) is 9.80. The summed E-state index contributed by atoms with van der Waals surface area (Å²) in [6.07, 6.45) is -0.371. The molecule has 0 saturated heterocycles. The standard InChI is InChI=1S/C25H30ClN5O5S2/c1-7-31-17(10-35-16-8-13(4)20(26)14(5)9-16)29-30-25(31)37-11-18(32)28-23-19(24(34)36-12(2)3)15(6)21(38-23)22(27)33/h8-9,12H,7,10-11H2,1-6H3,(H2,27,33)(H,28,32). The second-order valence-electron chi connectivity index (χ2n) is 8.72. The molecule has 0 aliphatic heterocycles. The van der Waals surface area contributed by atoms with Gasteiger partial charge in [0.15, 0.2) is 11.0 Å². The molecule has 0 radical (unpaired) electrons. The minimum absolute atomic E-state index is 0.00388. The molecular weight excluding hydrogens is 550 g/mol. The van der Waals surface area contributed by atoms with Crippen LogP contribution in [0.25, 0.3) is 0 Å². The summed E-state index contributed by atoms with van der Waals surface area (Å²) in [7, 11) is 0. The van der Waals surface area contributed by atoms with Crippen LogP contribution < -0.4 is 15.8 Å². The Morgan fingerprint density at radius 2 is 1.84 bits per heavy atom. The van der Waals surface area contributed by atoms with Gasteiger partial charge in [0.2, 0.25) is 5.91 Å². The Hall–Kier alpha value is -3.09. The number of nitrogens with one attached hydrogen (secondary N) is 1. The van der Waals surface area contributed by atoms with Crippen LogP contribution in [0.4, 0.5) is 5.00 Å². The molecule has 10 nitrogen and oxygen atoms in total. The number of aryl methyl sites for hydroxylation is 2. The molecular formula is C25H30ClN5O5S2. The minimum Gasteiger partial charge on any atom is -0.486 e. The van der Waals surface area contributed by atoms with Crippen LogP contribution in [0.3, 0.4) is 0 Å². The number of amides is 2. The van der Waals surface area contributed by atoms with Crippen molar-refractivity contribution < 1.29 is 23.9 Å². The van der Waals surface area contributed by atoms with Crippen molar-refractivity contribution in [3.8, 4) is 5.75 Å². The van der Waals surface area contributed by atoms with E-state index in [0.29, 0.717) is 33.9 Å². The van der Waals surface area contributed by atoms with Gasteiger partial charge in [-0.1, -0.05) is 23.4 Å². The van der Waals surface area contributed by atoms with E-state index >= 15 is 0 Å². The summed E-state index contributed by atoms with van der Waals surface area (Å²) in [6.45, 7) is 11.6. The average Bonchev–Trinajstić information content (AvgIpc) is 3.38. The maximum absolute atomic E-state index is 12.8. The van der Waals surface area contributed by atoms with E-state index in [9.17, 15) is 14.4 Å². The van der Waals surface area contributed by atoms with Gasteiger partial charge in [-0.15, -0.1) is 21.5 Å². The van der Waals surface area contributed by atoms with Crippen LogP contribution in [0.1, 0.15) is 63.3 Å². The molecule has 1 aromatic carbocycles. The van der Waals surface area contributed by atoms with Gasteiger partial charge >= 0.3 is 5.97 Å². The van der Waals surface area contributed by atoms with Crippen molar-refractivity contribution in [2.24, 2.45) is 5.73 Å². The Bertz CT molecular complexity index is 1350. The molecule has 0 unspecified atom stereocenters. The summed E-state index contributed by atoms with van der Waals surface area (Å²) < 4.78 is 13.1. The highest BCUT2D eigenvalue weighted by Gasteiger charge is 2.26. The number of primary amides is 1. The Labute approximate surface area is 234 Å². The summed E-state index contributed by atoms with van der Waals surface area (Å²) in [5.74, 6) is -0.421. The number of carbonyl (C=O) groups excluding carboxylic acids is 3. The molecule has 0 spiro atoms. The van der Waals surface area contributed by atoms with E-state index in [0.717, 1.165) is 22.5 Å². The van der Waals surface area contributed by atoms with Gasteiger partial charge in [0.1, 0.15) is 17.4 Å². The third-order valence-electron chi connectivity index (χ3n) is 5.39. The number of carbonyl (C=O) groups is 3. The summed E-state index contributed by atoms with van der Waals surface area (Å²) in [5, 5.41) is 12.6. The fourth-order valence-electron chi connectivity index (χ4n) is 3.64. The predicted octanol–water partition coefficient (Wildman–Crippen LogP) is 4.91. The summed E-state index contributed by atoms with van der Waals surface area (Å²) in [4.78, 5) is 37.4. The van der Waals surface area contributed by atoms with Crippen molar-refractivity contribution in [3.63, 3.8) is 0 Å². The van der Waals surface area contributed by atoms with Gasteiger partial charge in [-0.05, 0) is 70.4 Å². The number of anilines is 1. The molecule has 0 aliphatic rings. The molecule has 2 aromatic heterocycles. The molecule has 38 heavy (non-hydrogen) atoms. The number of hydrogen-bond donors (Lipinski definition) is 2. The molecule has 0 bridgehead atoms. The monoisotopic (exact) mass is 579 g/mol.